The molecular weight excluding hydrogens is 753 g/mol. The van der Waals surface area contributed by atoms with Gasteiger partial charge in [-0.1, -0.05) is 31.2 Å². The van der Waals surface area contributed by atoms with Crippen LogP contribution >= 0.6 is 11.8 Å². The van der Waals surface area contributed by atoms with Gasteiger partial charge in [0.2, 0.25) is 6.79 Å². The van der Waals surface area contributed by atoms with Crippen LogP contribution < -0.4 is 24.3 Å². The average Bonchev–Trinajstić information content (AvgIpc) is 3.78. The predicted octanol–water partition coefficient (Wildman–Crippen LogP) is 3.93. The fourth-order valence-electron chi connectivity index (χ4n) is 11.0. The maximum atomic E-state index is 15.0. The van der Waals surface area contributed by atoms with E-state index >= 15 is 4.79 Å². The van der Waals surface area contributed by atoms with Gasteiger partial charge in [-0.2, -0.15) is 0 Å². The SMILES string of the molecule is CCN1CC2(O)Cc3cc(C)c(OC)c(O)c3[C@@H]1[C@@H]1[C@@H]3SC[C@]4(N[C@@H](CO)Cc5c4[nH]c4ccccc54)C(=O)OCC(c4c5c(c(C)c(OC(C)=O)c43)OCO5)N12. The van der Waals surface area contributed by atoms with E-state index in [0.717, 1.165) is 27.6 Å². The zero-order chi connectivity index (χ0) is 39.7. The number of methoxy groups -OCH3 is 1. The van der Waals surface area contributed by atoms with E-state index in [-0.39, 0.29) is 44.5 Å². The van der Waals surface area contributed by atoms with E-state index in [4.69, 9.17) is 23.7 Å². The second-order valence-electron chi connectivity index (χ2n) is 16.2. The Kier molecular flexibility index (Phi) is 8.39. The number of carbonyl (C=O) groups is 2. The molecule has 0 amide bonds. The number of aliphatic hydroxyl groups excluding tert-OH is 1. The lowest BCUT2D eigenvalue weighted by Crippen LogP contribution is -2.70. The fourth-order valence-corrected chi connectivity index (χ4v) is 12.6. The molecule has 5 N–H and O–H groups in total. The summed E-state index contributed by atoms with van der Waals surface area (Å²) in [6.45, 7) is 7.44. The molecule has 3 unspecified atom stereocenters. The van der Waals surface area contributed by atoms with Gasteiger partial charge in [0, 0.05) is 70.9 Å². The molecule has 300 valence electrons. The third-order valence-corrected chi connectivity index (χ3v) is 14.5. The van der Waals surface area contributed by atoms with E-state index in [2.05, 4.69) is 20.1 Å². The van der Waals surface area contributed by atoms with Gasteiger partial charge in [0.25, 0.3) is 0 Å². The number of aryl methyl sites for hydroxylation is 1. The first-order valence-electron chi connectivity index (χ1n) is 19.5. The number of ether oxygens (including phenoxy) is 5. The van der Waals surface area contributed by atoms with Crippen molar-refractivity contribution in [3.05, 3.63) is 75.0 Å². The molecule has 0 aliphatic carbocycles. The fraction of sp³-hybridized carbons (Fsp3) is 0.476. The molecule has 1 aromatic heterocycles. The van der Waals surface area contributed by atoms with Crippen molar-refractivity contribution < 1.29 is 48.6 Å². The third-order valence-electron chi connectivity index (χ3n) is 13.1. The molecule has 0 radical (unpaired) electrons. The number of aromatic amines is 1. The zero-order valence-corrected chi connectivity index (χ0v) is 33.2. The molecule has 14 nitrogen and oxygen atoms in total. The highest BCUT2D eigenvalue weighted by Crippen LogP contribution is 2.65. The van der Waals surface area contributed by atoms with Crippen molar-refractivity contribution >= 4 is 34.6 Å². The summed E-state index contributed by atoms with van der Waals surface area (Å²) >= 11 is 1.49. The molecule has 0 saturated carbocycles. The molecular formula is C42H46N4O10S. The van der Waals surface area contributed by atoms with E-state index in [1.807, 2.05) is 51.1 Å². The number of para-hydroxylation sites is 1. The van der Waals surface area contributed by atoms with Crippen LogP contribution in [-0.4, -0.2) is 106 Å². The van der Waals surface area contributed by atoms with Gasteiger partial charge in [-0.3, -0.25) is 19.9 Å². The molecule has 57 heavy (non-hydrogen) atoms. The number of likely N-dealkylation sites (N-methyl/N-ethyl adjacent to an activating group) is 1. The Labute approximate surface area is 333 Å². The van der Waals surface area contributed by atoms with E-state index in [1.54, 1.807) is 0 Å². The lowest BCUT2D eigenvalue weighted by Gasteiger charge is -2.61. The first-order valence-corrected chi connectivity index (χ1v) is 20.6. The van der Waals surface area contributed by atoms with Crippen molar-refractivity contribution in [1.29, 1.82) is 0 Å². The van der Waals surface area contributed by atoms with Gasteiger partial charge in [0.05, 0.1) is 36.7 Å². The molecule has 15 heteroatoms. The van der Waals surface area contributed by atoms with Crippen molar-refractivity contribution in [1.82, 2.24) is 20.1 Å². The Morgan fingerprint density at radius 3 is 2.65 bits per heavy atom. The number of fused-ring (bicyclic) bond motifs is 8. The highest BCUT2D eigenvalue weighted by molar-refractivity contribution is 7.99. The number of esters is 2. The monoisotopic (exact) mass is 798 g/mol. The number of hydrogen-bond donors (Lipinski definition) is 5. The first kappa shape index (κ1) is 36.8. The van der Waals surface area contributed by atoms with Crippen molar-refractivity contribution in [2.24, 2.45) is 0 Å². The number of nitrogens with one attached hydrogen (secondary N) is 2. The van der Waals surface area contributed by atoms with Crippen LogP contribution in [0.3, 0.4) is 0 Å². The molecule has 3 aromatic carbocycles. The smallest absolute Gasteiger partial charge is 0.333 e. The Morgan fingerprint density at radius 2 is 1.89 bits per heavy atom. The summed E-state index contributed by atoms with van der Waals surface area (Å²) in [5.41, 5.74) is 3.66. The summed E-state index contributed by atoms with van der Waals surface area (Å²) < 4.78 is 30.8. The molecule has 9 heterocycles. The van der Waals surface area contributed by atoms with Crippen LogP contribution in [0.5, 0.6) is 28.7 Å². The molecule has 8 aliphatic rings. The molecule has 4 bridgehead atoms. The van der Waals surface area contributed by atoms with Gasteiger partial charge in [-0.15, -0.1) is 11.8 Å². The number of phenolic OH excluding ortho intramolecular Hbond substituents is 1. The first-order chi connectivity index (χ1) is 27.4. The topological polar surface area (TPSA) is 175 Å². The highest BCUT2D eigenvalue weighted by Gasteiger charge is 2.64. The van der Waals surface area contributed by atoms with Gasteiger partial charge in [-0.25, -0.2) is 4.79 Å². The van der Waals surface area contributed by atoms with Crippen LogP contribution in [0.2, 0.25) is 0 Å². The van der Waals surface area contributed by atoms with E-state index in [1.165, 1.54) is 25.8 Å². The zero-order valence-electron chi connectivity index (χ0n) is 32.4. The van der Waals surface area contributed by atoms with Crippen molar-refractivity contribution in [2.45, 2.75) is 81.2 Å². The number of carbonyl (C=O) groups excluding carboxylic acids is 2. The van der Waals surface area contributed by atoms with Crippen LogP contribution in [-0.2, 0) is 32.7 Å². The minimum absolute atomic E-state index is 0.0210. The predicted molar refractivity (Wildman–Crippen MR) is 209 cm³/mol. The number of rotatable bonds is 4. The molecule has 1 spiro atoms. The highest BCUT2D eigenvalue weighted by atomic mass is 32.2. The standard InChI is InChI=1S/C42H46N4O10S/c1-6-45-16-41(51)13-22-11-19(2)34(52-5)33(49)28(22)31(45)32-38-30-29(37-36(54-18-55-37)20(3)35(30)56-21(4)48)27(46(32)41)15-53-40(50)42(17-57-38)39-25(12-23(14-47)44-42)24-9-7-8-10-26(24)43-39/h7-11,23,27,31-32,38,43-44,47,49,51H,6,12-18H2,1-5H3/t23-,27?,31-,32-,38-,41?,42-/m1/s1. The second kappa shape index (κ2) is 13.0. The second-order valence-corrected chi connectivity index (χ2v) is 17.3. The summed E-state index contributed by atoms with van der Waals surface area (Å²) in [6.07, 6.45) is 0.670. The summed E-state index contributed by atoms with van der Waals surface area (Å²) in [7, 11) is 1.54. The lowest BCUT2D eigenvalue weighted by molar-refractivity contribution is -0.218. The number of aromatic hydroxyl groups is 1. The number of piperazine rings is 1. The molecule has 2 saturated heterocycles. The minimum Gasteiger partial charge on any atom is -0.504 e. The third kappa shape index (κ3) is 5.02. The van der Waals surface area contributed by atoms with Gasteiger partial charge in [0.1, 0.15) is 18.1 Å². The Hall–Kier alpha value is -4.51. The van der Waals surface area contributed by atoms with Gasteiger partial charge in [-0.05, 0) is 49.6 Å². The average molecular weight is 799 g/mol. The van der Waals surface area contributed by atoms with Crippen LogP contribution in [0.4, 0.5) is 0 Å². The number of aliphatic hydroxyl groups is 2. The normalized spacial score (nSPS) is 31.0. The van der Waals surface area contributed by atoms with Crippen LogP contribution in [0.1, 0.15) is 75.8 Å². The number of aromatic nitrogens is 1. The van der Waals surface area contributed by atoms with Crippen molar-refractivity contribution in [3.8, 4) is 28.7 Å². The van der Waals surface area contributed by atoms with Gasteiger partial charge in [0.15, 0.2) is 28.5 Å². The number of nitrogens with zero attached hydrogens (tertiary/aromatic N) is 2. The molecule has 8 atom stereocenters. The molecule has 2 fully saturated rings. The van der Waals surface area contributed by atoms with Crippen molar-refractivity contribution in [2.75, 3.05) is 46.0 Å². The van der Waals surface area contributed by atoms with E-state index < -0.39 is 52.6 Å². The van der Waals surface area contributed by atoms with E-state index in [9.17, 15) is 20.1 Å². The summed E-state index contributed by atoms with van der Waals surface area (Å²) in [5.74, 6) is 0.711. The molecule has 4 aromatic rings. The van der Waals surface area contributed by atoms with E-state index in [0.29, 0.717) is 63.9 Å². The number of phenols is 1. The Bertz CT molecular complexity index is 2380. The summed E-state index contributed by atoms with van der Waals surface area (Å²) in [5, 5.41) is 40.1. The number of benzene rings is 3. The Morgan fingerprint density at radius 1 is 1.11 bits per heavy atom. The van der Waals surface area contributed by atoms with Crippen LogP contribution in [0, 0.1) is 13.8 Å². The van der Waals surface area contributed by atoms with Crippen molar-refractivity contribution in [3.63, 3.8) is 0 Å². The lowest BCUT2D eigenvalue weighted by atomic mass is 9.78. The number of thioether (sulfide) groups is 1. The minimum atomic E-state index is -1.52. The quantitative estimate of drug-likeness (QED) is 0.148. The molecule has 12 rings (SSSR count). The van der Waals surface area contributed by atoms with Gasteiger partial charge < -0.3 is 44.0 Å². The molecule has 8 aliphatic heterocycles. The maximum Gasteiger partial charge on any atom is 0.333 e. The Balaban J connectivity index is 1.26. The number of H-pyrrole nitrogens is 1. The maximum absolute atomic E-state index is 15.0. The largest absolute Gasteiger partial charge is 0.504 e. The number of hydrogen-bond acceptors (Lipinski definition) is 14. The summed E-state index contributed by atoms with van der Waals surface area (Å²) in [4.78, 5) is 35.9. The summed E-state index contributed by atoms with van der Waals surface area (Å²) in [6, 6.07) is 7.55. The van der Waals surface area contributed by atoms with Crippen LogP contribution in [0.25, 0.3) is 10.9 Å². The van der Waals surface area contributed by atoms with Crippen LogP contribution in [0.15, 0.2) is 30.3 Å². The van der Waals surface area contributed by atoms with Gasteiger partial charge >= 0.3 is 11.9 Å².